The summed E-state index contributed by atoms with van der Waals surface area (Å²) in [5, 5.41) is 0. The van der Waals surface area contributed by atoms with Crippen LogP contribution in [0.4, 0.5) is 0 Å². The summed E-state index contributed by atoms with van der Waals surface area (Å²) in [5.41, 5.74) is 0. The minimum absolute atomic E-state index is 0.195. The van der Waals surface area contributed by atoms with Crippen LogP contribution in [0.2, 0.25) is 0 Å². The zero-order chi connectivity index (χ0) is 6.85. The van der Waals surface area contributed by atoms with Gasteiger partial charge in [-0.2, -0.15) is 0 Å². The molecule has 48 valence electrons. The van der Waals surface area contributed by atoms with E-state index in [1.54, 1.807) is 6.92 Å². The third-order valence-electron chi connectivity index (χ3n) is 0.914. The van der Waals surface area contributed by atoms with Crippen LogP contribution in [-0.4, -0.2) is 20.3 Å². The van der Waals surface area contributed by atoms with Crippen LogP contribution >= 0.6 is 15.9 Å². The van der Waals surface area contributed by atoms with Gasteiger partial charge in [0.2, 0.25) is 0 Å². The Balaban J connectivity index is 2.98. The van der Waals surface area contributed by atoms with Crippen LogP contribution in [0.3, 0.4) is 0 Å². The van der Waals surface area contributed by atoms with Gasteiger partial charge in [-0.25, -0.2) is 0 Å². The predicted octanol–water partition coefficient (Wildman–Crippen LogP) is 1.71. The standard InChI is InChI=1S/C6H5BrOSe/c1-4(8)6-2-5(7)3-9-6/h2-3H,1H3. The van der Waals surface area contributed by atoms with Crippen molar-refractivity contribution in [2.24, 2.45) is 0 Å². The molecule has 0 atom stereocenters. The van der Waals surface area contributed by atoms with Crippen molar-refractivity contribution < 1.29 is 4.79 Å². The normalized spacial score (nSPS) is 9.56. The summed E-state index contributed by atoms with van der Waals surface area (Å²) < 4.78 is 2.00. The number of halogens is 1. The molecule has 9 heavy (non-hydrogen) atoms. The summed E-state index contributed by atoms with van der Waals surface area (Å²) >= 11 is 3.58. The molecule has 0 bridgehead atoms. The van der Waals surface area contributed by atoms with Crippen molar-refractivity contribution in [1.29, 1.82) is 0 Å². The second kappa shape index (κ2) is 2.82. The number of hydrogen-bond acceptors (Lipinski definition) is 1. The van der Waals surface area contributed by atoms with Crippen molar-refractivity contribution in [3.8, 4) is 0 Å². The van der Waals surface area contributed by atoms with E-state index in [2.05, 4.69) is 15.9 Å². The van der Waals surface area contributed by atoms with Gasteiger partial charge in [-0.15, -0.1) is 0 Å². The van der Waals surface area contributed by atoms with Gasteiger partial charge in [0.1, 0.15) is 0 Å². The quantitative estimate of drug-likeness (QED) is 0.549. The van der Waals surface area contributed by atoms with E-state index in [9.17, 15) is 4.79 Å². The Morgan fingerprint density at radius 2 is 2.44 bits per heavy atom. The Morgan fingerprint density at radius 3 is 2.67 bits per heavy atom. The Bertz CT molecular complexity index is 229. The maximum atomic E-state index is 10.7. The molecule has 1 aromatic heterocycles. The van der Waals surface area contributed by atoms with Crippen molar-refractivity contribution in [1.82, 2.24) is 0 Å². The van der Waals surface area contributed by atoms with E-state index in [-0.39, 0.29) is 20.3 Å². The van der Waals surface area contributed by atoms with E-state index < -0.39 is 0 Å². The van der Waals surface area contributed by atoms with E-state index in [0.717, 1.165) is 8.91 Å². The van der Waals surface area contributed by atoms with Crippen molar-refractivity contribution in [2.75, 3.05) is 0 Å². The van der Waals surface area contributed by atoms with Gasteiger partial charge in [-0.1, -0.05) is 0 Å². The van der Waals surface area contributed by atoms with Crippen molar-refractivity contribution in [3.05, 3.63) is 19.9 Å². The summed E-state index contributed by atoms with van der Waals surface area (Å²) in [5.74, 6) is 0.195. The fourth-order valence-corrected chi connectivity index (χ4v) is 2.96. The third-order valence-corrected chi connectivity index (χ3v) is 4.22. The zero-order valence-corrected chi connectivity index (χ0v) is 8.15. The average molecular weight is 252 g/mol. The molecular formula is C6H5BrOSe. The fraction of sp³-hybridized carbons (Fsp3) is 0.167. The number of hydrogen-bond donors (Lipinski definition) is 0. The van der Waals surface area contributed by atoms with E-state index in [1.165, 1.54) is 0 Å². The Hall–Kier alpha value is 0.149. The van der Waals surface area contributed by atoms with Crippen LogP contribution in [0.15, 0.2) is 15.5 Å². The molecule has 0 N–H and O–H groups in total. The molecule has 1 nitrogen and oxygen atoms in total. The SMILES string of the molecule is CC(=O)c1cc(Br)c[se]1. The topological polar surface area (TPSA) is 17.1 Å². The van der Waals surface area contributed by atoms with Crippen LogP contribution in [0.25, 0.3) is 0 Å². The van der Waals surface area contributed by atoms with E-state index in [0.29, 0.717) is 0 Å². The molecule has 0 fully saturated rings. The molecule has 0 unspecified atom stereocenters. The first kappa shape index (κ1) is 7.26. The molecule has 1 aromatic rings. The first-order chi connectivity index (χ1) is 4.20. The first-order valence-electron chi connectivity index (χ1n) is 2.45. The van der Waals surface area contributed by atoms with Crippen LogP contribution in [-0.2, 0) is 0 Å². The van der Waals surface area contributed by atoms with Crippen LogP contribution in [0.5, 0.6) is 0 Å². The molecule has 0 saturated carbocycles. The molecule has 1 rings (SSSR count). The summed E-state index contributed by atoms with van der Waals surface area (Å²) in [6.07, 6.45) is 0. The fourth-order valence-electron chi connectivity index (χ4n) is 0.498. The predicted molar refractivity (Wildman–Crippen MR) is 41.1 cm³/mol. The average Bonchev–Trinajstić information content (AvgIpc) is 2.14. The number of Topliss-reactive ketones (excluding diaryl/α,β-unsaturated/α-hetero) is 1. The second-order valence-electron chi connectivity index (χ2n) is 1.69. The summed E-state index contributed by atoms with van der Waals surface area (Å²) in [4.78, 5) is 12.7. The molecule has 0 saturated heterocycles. The molecule has 0 aliphatic heterocycles. The number of ketones is 1. The Kier molecular flexibility index (Phi) is 2.28. The molecule has 0 aliphatic carbocycles. The molecule has 3 heteroatoms. The van der Waals surface area contributed by atoms with Gasteiger partial charge in [0.05, 0.1) is 0 Å². The van der Waals surface area contributed by atoms with Crippen molar-refractivity contribution in [2.45, 2.75) is 6.92 Å². The van der Waals surface area contributed by atoms with E-state index in [4.69, 9.17) is 0 Å². The molecule has 0 spiro atoms. The van der Waals surface area contributed by atoms with Crippen LogP contribution < -0.4 is 0 Å². The van der Waals surface area contributed by atoms with Gasteiger partial charge in [-0.05, 0) is 0 Å². The maximum absolute atomic E-state index is 10.7. The van der Waals surface area contributed by atoms with E-state index in [1.807, 2.05) is 11.0 Å². The first-order valence-corrected chi connectivity index (χ1v) is 5.09. The molecule has 0 aliphatic rings. The van der Waals surface area contributed by atoms with E-state index >= 15 is 0 Å². The van der Waals surface area contributed by atoms with Gasteiger partial charge in [0, 0.05) is 0 Å². The van der Waals surface area contributed by atoms with Crippen molar-refractivity contribution >= 4 is 36.2 Å². The Morgan fingerprint density at radius 1 is 1.78 bits per heavy atom. The van der Waals surface area contributed by atoms with Gasteiger partial charge in [0.25, 0.3) is 0 Å². The summed E-state index contributed by atoms with van der Waals surface area (Å²) in [6, 6.07) is 1.89. The molecule has 0 aromatic carbocycles. The second-order valence-corrected chi connectivity index (χ2v) is 4.51. The molecule has 1 heterocycles. The monoisotopic (exact) mass is 252 g/mol. The zero-order valence-electron chi connectivity index (χ0n) is 4.85. The van der Waals surface area contributed by atoms with Crippen LogP contribution in [0, 0.1) is 0 Å². The Labute approximate surface area is 67.9 Å². The third kappa shape index (κ3) is 1.78. The molecular weight excluding hydrogens is 247 g/mol. The van der Waals surface area contributed by atoms with Gasteiger partial charge < -0.3 is 0 Å². The van der Waals surface area contributed by atoms with Gasteiger partial charge in [0.15, 0.2) is 0 Å². The molecule has 0 radical (unpaired) electrons. The summed E-state index contributed by atoms with van der Waals surface area (Å²) in [7, 11) is 0. The molecule has 0 amide bonds. The number of rotatable bonds is 1. The van der Waals surface area contributed by atoms with Gasteiger partial charge in [-0.3, -0.25) is 0 Å². The number of carbonyl (C=O) groups is 1. The number of carbonyl (C=O) groups excluding carboxylic acids is 1. The van der Waals surface area contributed by atoms with Gasteiger partial charge >= 0.3 is 67.9 Å². The van der Waals surface area contributed by atoms with Crippen LogP contribution in [0.1, 0.15) is 16.2 Å². The minimum atomic E-state index is 0.195. The van der Waals surface area contributed by atoms with Crippen molar-refractivity contribution in [3.63, 3.8) is 0 Å². The summed E-state index contributed by atoms with van der Waals surface area (Å²) in [6.45, 7) is 1.60.